The van der Waals surface area contributed by atoms with E-state index in [2.05, 4.69) is 10.9 Å². The Hall–Kier alpha value is -1.93. The summed E-state index contributed by atoms with van der Waals surface area (Å²) >= 11 is 0. The first-order chi connectivity index (χ1) is 11.9. The number of hydrazine groups is 1. The van der Waals surface area contributed by atoms with Gasteiger partial charge in [-0.1, -0.05) is 17.7 Å². The molecule has 8 heteroatoms. The first kappa shape index (κ1) is 17.9. The van der Waals surface area contributed by atoms with Gasteiger partial charge in [-0.2, -0.15) is 4.31 Å². The second-order valence-corrected chi connectivity index (χ2v) is 8.71. The fourth-order valence-electron chi connectivity index (χ4n) is 2.91. The molecule has 1 aromatic carbocycles. The van der Waals surface area contributed by atoms with Gasteiger partial charge in [0.25, 0.3) is 0 Å². The molecule has 1 aliphatic heterocycles. The maximum absolute atomic E-state index is 12.8. The molecule has 2 aliphatic rings. The van der Waals surface area contributed by atoms with Crippen molar-refractivity contribution in [2.45, 2.75) is 37.5 Å². The van der Waals surface area contributed by atoms with Crippen molar-refractivity contribution in [1.29, 1.82) is 0 Å². The van der Waals surface area contributed by atoms with Crippen molar-refractivity contribution in [2.75, 3.05) is 13.1 Å². The molecule has 0 bridgehead atoms. The Balaban J connectivity index is 1.62. The molecule has 1 aliphatic carbocycles. The first-order valence-corrected chi connectivity index (χ1v) is 9.98. The highest BCUT2D eigenvalue weighted by Crippen LogP contribution is 2.28. The van der Waals surface area contributed by atoms with E-state index in [0.29, 0.717) is 19.4 Å². The Morgan fingerprint density at radius 3 is 2.20 bits per heavy atom. The average molecular weight is 365 g/mol. The minimum atomic E-state index is -3.61. The predicted molar refractivity (Wildman–Crippen MR) is 91.7 cm³/mol. The van der Waals surface area contributed by atoms with Crippen LogP contribution in [0.3, 0.4) is 0 Å². The fraction of sp³-hybridized carbons (Fsp3) is 0.529. The number of rotatable bonds is 4. The van der Waals surface area contributed by atoms with Crippen LogP contribution in [0.5, 0.6) is 0 Å². The molecule has 0 radical (unpaired) electrons. The molecule has 25 heavy (non-hydrogen) atoms. The fourth-order valence-corrected chi connectivity index (χ4v) is 4.43. The molecule has 1 atom stereocenters. The Morgan fingerprint density at radius 1 is 1.00 bits per heavy atom. The average Bonchev–Trinajstić information content (AvgIpc) is 3.45. The molecule has 1 aromatic rings. The second-order valence-electron chi connectivity index (χ2n) is 6.77. The van der Waals surface area contributed by atoms with Gasteiger partial charge in [0.05, 0.1) is 10.8 Å². The quantitative estimate of drug-likeness (QED) is 0.777. The van der Waals surface area contributed by atoms with Gasteiger partial charge in [-0.05, 0) is 44.7 Å². The summed E-state index contributed by atoms with van der Waals surface area (Å²) in [4.78, 5) is 24.1. The second kappa shape index (κ2) is 7.13. The van der Waals surface area contributed by atoms with E-state index >= 15 is 0 Å². The maximum Gasteiger partial charge on any atom is 0.243 e. The summed E-state index contributed by atoms with van der Waals surface area (Å²) in [5.41, 5.74) is 5.85. The van der Waals surface area contributed by atoms with Crippen molar-refractivity contribution in [3.63, 3.8) is 0 Å². The van der Waals surface area contributed by atoms with Crippen LogP contribution in [0.25, 0.3) is 0 Å². The molecular weight excluding hydrogens is 342 g/mol. The molecular formula is C17H23N3O4S. The van der Waals surface area contributed by atoms with Gasteiger partial charge in [-0.15, -0.1) is 0 Å². The lowest BCUT2D eigenvalue weighted by molar-refractivity contribution is -0.132. The van der Waals surface area contributed by atoms with E-state index in [1.807, 2.05) is 6.92 Å². The maximum atomic E-state index is 12.8. The summed E-state index contributed by atoms with van der Waals surface area (Å²) in [5.74, 6) is -0.968. The Bertz CT molecular complexity index is 757. The van der Waals surface area contributed by atoms with E-state index in [4.69, 9.17) is 0 Å². The van der Waals surface area contributed by atoms with Crippen molar-refractivity contribution in [3.05, 3.63) is 29.8 Å². The van der Waals surface area contributed by atoms with Crippen molar-refractivity contribution in [2.24, 2.45) is 11.8 Å². The third kappa shape index (κ3) is 4.19. The van der Waals surface area contributed by atoms with E-state index in [9.17, 15) is 18.0 Å². The van der Waals surface area contributed by atoms with Crippen LogP contribution in [-0.2, 0) is 19.6 Å². The molecule has 0 aromatic heterocycles. The number of hydrogen-bond acceptors (Lipinski definition) is 4. The third-order valence-corrected chi connectivity index (χ3v) is 6.55. The number of carbonyl (C=O) groups excluding carboxylic acids is 2. The summed E-state index contributed by atoms with van der Waals surface area (Å²) in [5, 5.41) is 0. The van der Waals surface area contributed by atoms with Crippen LogP contribution in [0.4, 0.5) is 0 Å². The van der Waals surface area contributed by atoms with Crippen molar-refractivity contribution < 1.29 is 18.0 Å². The smallest absolute Gasteiger partial charge is 0.243 e. The Labute approximate surface area is 147 Å². The lowest BCUT2D eigenvalue weighted by Crippen LogP contribution is -2.50. The third-order valence-electron chi connectivity index (χ3n) is 4.67. The largest absolute Gasteiger partial charge is 0.273 e. The van der Waals surface area contributed by atoms with Gasteiger partial charge in [0.15, 0.2) is 0 Å². The highest BCUT2D eigenvalue weighted by molar-refractivity contribution is 7.89. The van der Waals surface area contributed by atoms with Gasteiger partial charge >= 0.3 is 0 Å². The SMILES string of the molecule is Cc1ccc(S(=O)(=O)N2CCC[C@H](C(=O)NNC(=O)C3CC3)C2)cc1. The molecule has 1 saturated heterocycles. The number of sulfonamides is 1. The van der Waals surface area contributed by atoms with Crippen LogP contribution in [0.1, 0.15) is 31.2 Å². The number of amides is 2. The molecule has 0 spiro atoms. The van der Waals surface area contributed by atoms with Crippen molar-refractivity contribution in [1.82, 2.24) is 15.2 Å². The minimum absolute atomic E-state index is 0.00469. The van der Waals surface area contributed by atoms with Gasteiger partial charge in [-0.25, -0.2) is 8.42 Å². The van der Waals surface area contributed by atoms with Gasteiger partial charge in [0, 0.05) is 19.0 Å². The monoisotopic (exact) mass is 365 g/mol. The summed E-state index contributed by atoms with van der Waals surface area (Å²) in [6.45, 7) is 2.42. The highest BCUT2D eigenvalue weighted by Gasteiger charge is 2.34. The van der Waals surface area contributed by atoms with Crippen LogP contribution >= 0.6 is 0 Å². The molecule has 2 amide bonds. The zero-order chi connectivity index (χ0) is 18.0. The molecule has 1 saturated carbocycles. The normalized spacial score (nSPS) is 21.6. The summed E-state index contributed by atoms with van der Waals surface area (Å²) in [6.07, 6.45) is 2.92. The van der Waals surface area contributed by atoms with Crippen LogP contribution in [0.2, 0.25) is 0 Å². The number of benzene rings is 1. The van der Waals surface area contributed by atoms with E-state index < -0.39 is 15.9 Å². The number of hydrogen-bond donors (Lipinski definition) is 2. The van der Waals surface area contributed by atoms with E-state index in [0.717, 1.165) is 18.4 Å². The molecule has 2 fully saturated rings. The van der Waals surface area contributed by atoms with Crippen LogP contribution in [-0.4, -0.2) is 37.6 Å². The van der Waals surface area contributed by atoms with Gasteiger partial charge in [0.1, 0.15) is 0 Å². The standard InChI is InChI=1S/C17H23N3O4S/c1-12-4-8-15(9-5-12)25(23,24)20-10-2-3-14(11-20)17(22)19-18-16(21)13-6-7-13/h4-5,8-9,13-14H,2-3,6-7,10-11H2,1H3,(H,18,21)(H,19,22)/t14-/m0/s1. The van der Waals surface area contributed by atoms with Crippen LogP contribution in [0.15, 0.2) is 29.2 Å². The first-order valence-electron chi connectivity index (χ1n) is 8.54. The molecule has 136 valence electrons. The molecule has 7 nitrogen and oxygen atoms in total. The van der Waals surface area contributed by atoms with Gasteiger partial charge < -0.3 is 0 Å². The van der Waals surface area contributed by atoms with Gasteiger partial charge in [-0.3, -0.25) is 20.4 Å². The topological polar surface area (TPSA) is 95.6 Å². The summed E-state index contributed by atoms with van der Waals surface area (Å²) in [6, 6.07) is 6.69. The number of carbonyl (C=O) groups is 2. The van der Waals surface area contributed by atoms with Gasteiger partial charge in [0.2, 0.25) is 21.8 Å². The lowest BCUT2D eigenvalue weighted by atomic mass is 9.99. The zero-order valence-corrected chi connectivity index (χ0v) is 15.0. The molecule has 1 heterocycles. The van der Waals surface area contributed by atoms with E-state index in [1.165, 1.54) is 4.31 Å². The zero-order valence-electron chi connectivity index (χ0n) is 14.2. The van der Waals surface area contributed by atoms with Crippen molar-refractivity contribution >= 4 is 21.8 Å². The molecule has 3 rings (SSSR count). The Kier molecular flexibility index (Phi) is 5.10. The number of piperidine rings is 1. The lowest BCUT2D eigenvalue weighted by Gasteiger charge is -2.31. The minimum Gasteiger partial charge on any atom is -0.273 e. The number of aryl methyl sites for hydroxylation is 1. The number of nitrogens with one attached hydrogen (secondary N) is 2. The highest BCUT2D eigenvalue weighted by atomic mass is 32.2. The molecule has 0 unspecified atom stereocenters. The predicted octanol–water partition coefficient (Wildman–Crippen LogP) is 0.953. The van der Waals surface area contributed by atoms with Crippen LogP contribution < -0.4 is 10.9 Å². The van der Waals surface area contributed by atoms with E-state index in [1.54, 1.807) is 24.3 Å². The number of nitrogens with zero attached hydrogens (tertiary/aromatic N) is 1. The van der Waals surface area contributed by atoms with Crippen LogP contribution in [0, 0.1) is 18.8 Å². The summed E-state index contributed by atoms with van der Waals surface area (Å²) in [7, 11) is -3.61. The summed E-state index contributed by atoms with van der Waals surface area (Å²) < 4.78 is 26.9. The Morgan fingerprint density at radius 2 is 1.60 bits per heavy atom. The van der Waals surface area contributed by atoms with Crippen molar-refractivity contribution in [3.8, 4) is 0 Å². The molecule has 2 N–H and O–H groups in total. The van der Waals surface area contributed by atoms with E-state index in [-0.39, 0.29) is 29.2 Å².